The van der Waals surface area contributed by atoms with E-state index < -0.39 is 0 Å². The zero-order valence-electron chi connectivity index (χ0n) is 16.0. The summed E-state index contributed by atoms with van der Waals surface area (Å²) >= 11 is 0. The van der Waals surface area contributed by atoms with Gasteiger partial charge in [0.25, 0.3) is 0 Å². The summed E-state index contributed by atoms with van der Waals surface area (Å²) in [5, 5.41) is 3.46. The molecule has 2 aromatic rings. The Morgan fingerprint density at radius 2 is 1.81 bits per heavy atom. The molecule has 0 unspecified atom stereocenters. The lowest BCUT2D eigenvalue weighted by molar-refractivity contribution is -0.169. The normalized spacial score (nSPS) is 18.8. The van der Waals surface area contributed by atoms with Crippen LogP contribution in [-0.4, -0.2) is 48.6 Å². The predicted octanol–water partition coefficient (Wildman–Crippen LogP) is 3.17. The fourth-order valence-corrected chi connectivity index (χ4v) is 3.82. The summed E-state index contributed by atoms with van der Waals surface area (Å²) in [6.45, 7) is 6.06. The number of hydrogen-bond donors (Lipinski definition) is 1. The van der Waals surface area contributed by atoms with Crippen molar-refractivity contribution >= 4 is 11.6 Å². The van der Waals surface area contributed by atoms with E-state index in [4.69, 9.17) is 9.47 Å². The average molecular weight is 368 g/mol. The van der Waals surface area contributed by atoms with Gasteiger partial charge in [0, 0.05) is 38.5 Å². The number of nitrogens with one attached hydrogen (secondary N) is 1. The van der Waals surface area contributed by atoms with Crippen molar-refractivity contribution in [3.63, 3.8) is 0 Å². The summed E-state index contributed by atoms with van der Waals surface area (Å²) in [4.78, 5) is 11.5. The van der Waals surface area contributed by atoms with Crippen LogP contribution in [0.25, 0.3) is 0 Å². The molecule has 4 rings (SSSR count). The molecule has 0 saturated carbocycles. The van der Waals surface area contributed by atoms with Crippen LogP contribution in [0, 0.1) is 6.92 Å². The molecule has 0 atom stereocenters. The molecule has 6 heteroatoms. The summed E-state index contributed by atoms with van der Waals surface area (Å²) < 4.78 is 11.6. The zero-order valence-corrected chi connectivity index (χ0v) is 16.0. The van der Waals surface area contributed by atoms with Gasteiger partial charge in [-0.15, -0.1) is 0 Å². The minimum absolute atomic E-state index is 0.350. The van der Waals surface area contributed by atoms with Gasteiger partial charge < -0.3 is 19.7 Å². The molecule has 1 aromatic heterocycles. The summed E-state index contributed by atoms with van der Waals surface area (Å²) in [5.41, 5.74) is 1.37. The van der Waals surface area contributed by atoms with E-state index >= 15 is 0 Å². The van der Waals surface area contributed by atoms with Crippen molar-refractivity contribution in [3.8, 4) is 0 Å². The van der Waals surface area contributed by atoms with E-state index in [1.165, 1.54) is 5.56 Å². The number of piperidine rings is 1. The predicted molar refractivity (Wildman–Crippen MR) is 106 cm³/mol. The Bertz CT molecular complexity index is 737. The fourth-order valence-electron chi connectivity index (χ4n) is 3.82. The number of benzene rings is 1. The van der Waals surface area contributed by atoms with E-state index in [-0.39, 0.29) is 5.79 Å². The summed E-state index contributed by atoms with van der Waals surface area (Å²) in [5.74, 6) is 2.34. The molecule has 1 N–H and O–H groups in total. The molecule has 3 heterocycles. The zero-order chi connectivity index (χ0) is 18.5. The molecular weight excluding hydrogens is 340 g/mol. The number of aromatic nitrogens is 2. The molecule has 0 aliphatic carbocycles. The van der Waals surface area contributed by atoms with Crippen LogP contribution in [0.4, 0.5) is 11.6 Å². The van der Waals surface area contributed by atoms with Gasteiger partial charge in [-0.1, -0.05) is 30.3 Å². The molecule has 1 aromatic carbocycles. The highest BCUT2D eigenvalue weighted by Gasteiger charge is 2.40. The number of ether oxygens (including phenoxy) is 2. The first-order valence-corrected chi connectivity index (χ1v) is 9.89. The third kappa shape index (κ3) is 4.57. The van der Waals surface area contributed by atoms with Gasteiger partial charge in [-0.2, -0.15) is 0 Å². The summed E-state index contributed by atoms with van der Waals surface area (Å²) in [6, 6.07) is 12.6. The van der Waals surface area contributed by atoms with Crippen molar-refractivity contribution in [2.24, 2.45) is 0 Å². The van der Waals surface area contributed by atoms with Gasteiger partial charge in [0.1, 0.15) is 17.5 Å². The molecule has 6 nitrogen and oxygen atoms in total. The Balaban J connectivity index is 1.31. The Kier molecular flexibility index (Phi) is 5.55. The molecule has 0 radical (unpaired) electrons. The molecule has 0 amide bonds. The Labute approximate surface area is 160 Å². The van der Waals surface area contributed by atoms with Crippen LogP contribution in [0.1, 0.15) is 30.7 Å². The smallest absolute Gasteiger partial charge is 0.171 e. The van der Waals surface area contributed by atoms with Gasteiger partial charge in [-0.05, 0) is 25.3 Å². The van der Waals surface area contributed by atoms with Crippen LogP contribution in [0.3, 0.4) is 0 Å². The van der Waals surface area contributed by atoms with Crippen molar-refractivity contribution in [2.45, 2.75) is 38.4 Å². The maximum atomic E-state index is 5.82. The summed E-state index contributed by atoms with van der Waals surface area (Å²) in [6.07, 6.45) is 3.91. The van der Waals surface area contributed by atoms with E-state index in [9.17, 15) is 0 Å². The van der Waals surface area contributed by atoms with E-state index in [0.717, 1.165) is 62.8 Å². The van der Waals surface area contributed by atoms with Crippen LogP contribution < -0.4 is 10.2 Å². The minimum atomic E-state index is -0.350. The minimum Gasteiger partial charge on any atom is -0.370 e. The third-order valence-electron chi connectivity index (χ3n) is 5.28. The monoisotopic (exact) mass is 368 g/mol. The van der Waals surface area contributed by atoms with E-state index in [2.05, 4.69) is 56.6 Å². The summed E-state index contributed by atoms with van der Waals surface area (Å²) in [7, 11) is 0. The van der Waals surface area contributed by atoms with Crippen LogP contribution in [-0.2, 0) is 15.9 Å². The maximum absolute atomic E-state index is 5.82. The lowest BCUT2D eigenvalue weighted by atomic mass is 10.0. The van der Waals surface area contributed by atoms with Gasteiger partial charge in [-0.25, -0.2) is 9.97 Å². The lowest BCUT2D eigenvalue weighted by Gasteiger charge is -2.38. The van der Waals surface area contributed by atoms with Gasteiger partial charge in [0.15, 0.2) is 5.79 Å². The van der Waals surface area contributed by atoms with Crippen LogP contribution in [0.15, 0.2) is 36.4 Å². The number of rotatable bonds is 6. The molecule has 1 spiro atoms. The number of anilines is 2. The molecule has 0 bridgehead atoms. The van der Waals surface area contributed by atoms with Crippen LogP contribution >= 0.6 is 0 Å². The number of aryl methyl sites for hydroxylation is 2. The maximum Gasteiger partial charge on any atom is 0.171 e. The van der Waals surface area contributed by atoms with Crippen molar-refractivity contribution in [1.82, 2.24) is 9.97 Å². The molecule has 144 valence electrons. The largest absolute Gasteiger partial charge is 0.370 e. The van der Waals surface area contributed by atoms with Gasteiger partial charge in [0.05, 0.1) is 13.2 Å². The second-order valence-corrected chi connectivity index (χ2v) is 7.27. The molecule has 2 aliphatic heterocycles. The van der Waals surface area contributed by atoms with Crippen LogP contribution in [0.5, 0.6) is 0 Å². The topological polar surface area (TPSA) is 59.5 Å². The van der Waals surface area contributed by atoms with Crippen molar-refractivity contribution < 1.29 is 9.47 Å². The highest BCUT2D eigenvalue weighted by Crippen LogP contribution is 2.33. The Morgan fingerprint density at radius 3 is 2.56 bits per heavy atom. The molecule has 2 aliphatic rings. The Hall–Kier alpha value is -2.18. The molecule has 2 saturated heterocycles. The highest BCUT2D eigenvalue weighted by molar-refractivity contribution is 5.49. The van der Waals surface area contributed by atoms with Crippen molar-refractivity contribution in [2.75, 3.05) is 43.1 Å². The molecule has 2 fully saturated rings. The second kappa shape index (κ2) is 8.23. The van der Waals surface area contributed by atoms with Crippen molar-refractivity contribution in [3.05, 3.63) is 47.8 Å². The first-order valence-electron chi connectivity index (χ1n) is 9.89. The highest BCUT2D eigenvalue weighted by atomic mass is 16.7. The fraction of sp³-hybridized carbons (Fsp3) is 0.524. The standard InChI is InChI=1S/C21H28N4O2/c1-17-23-19(22-11-5-8-18-6-3-2-4-7-18)16-20(24-17)25-12-9-21(10-13-25)26-14-15-27-21/h2-4,6-7,16H,5,8-15H2,1H3,(H,22,23,24). The van der Waals surface area contributed by atoms with Gasteiger partial charge in [0.2, 0.25) is 0 Å². The van der Waals surface area contributed by atoms with Gasteiger partial charge in [-0.3, -0.25) is 0 Å². The third-order valence-corrected chi connectivity index (χ3v) is 5.28. The molecular formula is C21H28N4O2. The number of hydrogen-bond acceptors (Lipinski definition) is 6. The first-order chi connectivity index (χ1) is 13.2. The van der Waals surface area contributed by atoms with Crippen molar-refractivity contribution in [1.29, 1.82) is 0 Å². The van der Waals surface area contributed by atoms with Crippen LogP contribution in [0.2, 0.25) is 0 Å². The quantitative estimate of drug-likeness (QED) is 0.791. The second-order valence-electron chi connectivity index (χ2n) is 7.27. The van der Waals surface area contributed by atoms with E-state index in [0.29, 0.717) is 13.2 Å². The van der Waals surface area contributed by atoms with E-state index in [1.54, 1.807) is 0 Å². The number of nitrogens with zero attached hydrogens (tertiary/aromatic N) is 3. The van der Waals surface area contributed by atoms with E-state index in [1.807, 2.05) is 6.92 Å². The SMILES string of the molecule is Cc1nc(NCCCc2ccccc2)cc(N2CCC3(CC2)OCCO3)n1. The molecule has 27 heavy (non-hydrogen) atoms. The van der Waals surface area contributed by atoms with Gasteiger partial charge >= 0.3 is 0 Å². The Morgan fingerprint density at radius 1 is 1.07 bits per heavy atom. The average Bonchev–Trinajstić information content (AvgIpc) is 3.14. The first kappa shape index (κ1) is 18.2. The lowest BCUT2D eigenvalue weighted by Crippen LogP contribution is -2.45.